The minimum atomic E-state index is -0.262. The van der Waals surface area contributed by atoms with E-state index in [1.54, 1.807) is 6.07 Å². The third-order valence-electron chi connectivity index (χ3n) is 5.25. The molecule has 2 aliphatic rings. The average molecular weight is 337 g/mol. The lowest BCUT2D eigenvalue weighted by Crippen LogP contribution is -2.49. The molecule has 0 bridgehead atoms. The molecule has 2 fully saturated rings. The van der Waals surface area contributed by atoms with Crippen LogP contribution in [0.15, 0.2) is 18.2 Å². The van der Waals surface area contributed by atoms with E-state index in [0.29, 0.717) is 17.6 Å². The fourth-order valence-electron chi connectivity index (χ4n) is 4.10. The molecule has 1 saturated heterocycles. The number of phenols is 1. The van der Waals surface area contributed by atoms with Gasteiger partial charge < -0.3 is 10.4 Å². The van der Waals surface area contributed by atoms with Crippen molar-refractivity contribution in [2.24, 2.45) is 5.92 Å². The Kier molecular flexibility index (Phi) is 5.44. The van der Waals surface area contributed by atoms with E-state index in [0.717, 1.165) is 19.0 Å². The first-order valence-electron chi connectivity index (χ1n) is 8.66. The van der Waals surface area contributed by atoms with Gasteiger partial charge in [-0.05, 0) is 56.3 Å². The van der Waals surface area contributed by atoms with Gasteiger partial charge in [-0.2, -0.15) is 0 Å². The van der Waals surface area contributed by atoms with Crippen LogP contribution in [-0.4, -0.2) is 41.6 Å². The van der Waals surface area contributed by atoms with Gasteiger partial charge in [0.25, 0.3) is 5.91 Å². The topological polar surface area (TPSA) is 52.6 Å². The molecule has 2 N–H and O–H groups in total. The highest BCUT2D eigenvalue weighted by molar-refractivity contribution is 6.31. The van der Waals surface area contributed by atoms with Crippen LogP contribution < -0.4 is 5.32 Å². The molecule has 2 atom stereocenters. The molecule has 3 rings (SSSR count). The second kappa shape index (κ2) is 7.54. The summed E-state index contributed by atoms with van der Waals surface area (Å²) in [6.45, 7) is 2.63. The molecule has 126 valence electrons. The predicted molar refractivity (Wildman–Crippen MR) is 92.0 cm³/mol. The van der Waals surface area contributed by atoms with E-state index in [9.17, 15) is 9.90 Å². The number of nitrogens with zero attached hydrogens (tertiary/aromatic N) is 1. The van der Waals surface area contributed by atoms with Crippen molar-refractivity contribution in [3.05, 3.63) is 28.8 Å². The van der Waals surface area contributed by atoms with E-state index in [4.69, 9.17) is 11.6 Å². The molecule has 1 aliphatic heterocycles. The zero-order valence-corrected chi connectivity index (χ0v) is 14.2. The maximum Gasteiger partial charge on any atom is 0.255 e. The number of piperidine rings is 1. The minimum absolute atomic E-state index is 0.0304. The average Bonchev–Trinajstić information content (AvgIpc) is 2.57. The highest BCUT2D eigenvalue weighted by Gasteiger charge is 2.32. The number of carbonyl (C=O) groups is 1. The molecule has 1 aliphatic carbocycles. The predicted octanol–water partition coefficient (Wildman–Crippen LogP) is 3.43. The number of phenolic OH excluding ortho intramolecular Hbond substituents is 1. The van der Waals surface area contributed by atoms with Gasteiger partial charge in [-0.25, -0.2) is 0 Å². The number of nitrogens with one attached hydrogen (secondary N) is 1. The monoisotopic (exact) mass is 336 g/mol. The number of benzene rings is 1. The number of halogens is 1. The van der Waals surface area contributed by atoms with Crippen molar-refractivity contribution in [3.63, 3.8) is 0 Å². The lowest BCUT2D eigenvalue weighted by Gasteiger charge is -2.44. The molecule has 0 unspecified atom stereocenters. The molecule has 5 heteroatoms. The normalized spacial score (nSPS) is 24.9. The highest BCUT2D eigenvalue weighted by Crippen LogP contribution is 2.34. The molecule has 1 aromatic carbocycles. The Bertz CT molecular complexity index is 562. The maximum atomic E-state index is 12.2. The van der Waals surface area contributed by atoms with Gasteiger partial charge in [0.05, 0.1) is 5.56 Å². The summed E-state index contributed by atoms with van der Waals surface area (Å²) in [5.74, 6) is 0.560. The number of carbonyl (C=O) groups excluding carboxylic acids is 1. The Morgan fingerprint density at radius 1 is 1.26 bits per heavy atom. The molecule has 1 heterocycles. The molecular formula is C18H25ClN2O2. The van der Waals surface area contributed by atoms with Crippen LogP contribution in [0.4, 0.5) is 0 Å². The van der Waals surface area contributed by atoms with E-state index < -0.39 is 0 Å². The lowest BCUT2D eigenvalue weighted by atomic mass is 9.78. The molecule has 1 saturated carbocycles. The number of aromatic hydroxyl groups is 1. The Hall–Kier alpha value is -1.26. The molecule has 0 aromatic heterocycles. The second-order valence-electron chi connectivity index (χ2n) is 6.71. The molecular weight excluding hydrogens is 312 g/mol. The van der Waals surface area contributed by atoms with E-state index >= 15 is 0 Å². The quantitative estimate of drug-likeness (QED) is 0.885. The first-order chi connectivity index (χ1) is 11.1. The van der Waals surface area contributed by atoms with E-state index in [2.05, 4.69) is 10.2 Å². The smallest absolute Gasteiger partial charge is 0.255 e. The Morgan fingerprint density at radius 2 is 2.04 bits per heavy atom. The van der Waals surface area contributed by atoms with Crippen molar-refractivity contribution >= 4 is 17.5 Å². The number of rotatable bonds is 4. The molecule has 23 heavy (non-hydrogen) atoms. The van der Waals surface area contributed by atoms with Crippen LogP contribution >= 0.6 is 11.6 Å². The summed E-state index contributed by atoms with van der Waals surface area (Å²) in [5, 5.41) is 13.1. The fourth-order valence-corrected chi connectivity index (χ4v) is 4.28. The van der Waals surface area contributed by atoms with Crippen LogP contribution in [0, 0.1) is 5.92 Å². The second-order valence-corrected chi connectivity index (χ2v) is 7.14. The van der Waals surface area contributed by atoms with Crippen molar-refractivity contribution in [3.8, 4) is 5.75 Å². The summed E-state index contributed by atoms with van der Waals surface area (Å²) in [6, 6.07) is 5.23. The third kappa shape index (κ3) is 3.99. The number of hydrogen-bond acceptors (Lipinski definition) is 3. The molecule has 1 aromatic rings. The first-order valence-corrected chi connectivity index (χ1v) is 9.03. The summed E-state index contributed by atoms with van der Waals surface area (Å²) in [5.41, 5.74) is 0.242. The fraction of sp³-hybridized carbons (Fsp3) is 0.611. The van der Waals surface area contributed by atoms with Gasteiger partial charge in [-0.15, -0.1) is 0 Å². The number of likely N-dealkylation sites (tertiary alicyclic amines) is 1. The van der Waals surface area contributed by atoms with E-state index in [1.807, 2.05) is 0 Å². The van der Waals surface area contributed by atoms with Gasteiger partial charge in [0.1, 0.15) is 5.75 Å². The Labute approximate surface area is 142 Å². The van der Waals surface area contributed by atoms with Crippen molar-refractivity contribution in [1.29, 1.82) is 0 Å². The van der Waals surface area contributed by atoms with Crippen LogP contribution in [-0.2, 0) is 0 Å². The Morgan fingerprint density at radius 3 is 2.91 bits per heavy atom. The summed E-state index contributed by atoms with van der Waals surface area (Å²) < 4.78 is 0. The highest BCUT2D eigenvalue weighted by atomic mass is 35.5. The maximum absolute atomic E-state index is 12.2. The Balaban J connectivity index is 1.52. The van der Waals surface area contributed by atoms with Crippen molar-refractivity contribution < 1.29 is 9.90 Å². The first kappa shape index (κ1) is 16.6. The van der Waals surface area contributed by atoms with Crippen molar-refractivity contribution in [1.82, 2.24) is 10.2 Å². The SMILES string of the molecule is O=C(NCCN1CCC[C@@H]2CCCC[C@H]21)c1cc(Cl)ccc1O. The zero-order chi connectivity index (χ0) is 16.2. The van der Waals surface area contributed by atoms with Crippen LogP contribution in [0.25, 0.3) is 0 Å². The van der Waals surface area contributed by atoms with Crippen LogP contribution in [0.2, 0.25) is 5.02 Å². The molecule has 0 radical (unpaired) electrons. The van der Waals surface area contributed by atoms with Gasteiger partial charge >= 0.3 is 0 Å². The van der Waals surface area contributed by atoms with E-state index in [-0.39, 0.29) is 17.2 Å². The molecule has 4 nitrogen and oxygen atoms in total. The van der Waals surface area contributed by atoms with Crippen LogP contribution in [0.1, 0.15) is 48.9 Å². The number of hydrogen-bond donors (Lipinski definition) is 2. The summed E-state index contributed by atoms with van der Waals surface area (Å²) in [4.78, 5) is 14.7. The number of amides is 1. The van der Waals surface area contributed by atoms with Crippen LogP contribution in [0.3, 0.4) is 0 Å². The van der Waals surface area contributed by atoms with Crippen molar-refractivity contribution in [2.75, 3.05) is 19.6 Å². The summed E-state index contributed by atoms with van der Waals surface area (Å²) in [6.07, 6.45) is 8.01. The lowest BCUT2D eigenvalue weighted by molar-refractivity contribution is 0.0607. The van der Waals surface area contributed by atoms with Crippen LogP contribution in [0.5, 0.6) is 5.75 Å². The largest absolute Gasteiger partial charge is 0.507 e. The standard InChI is InChI=1S/C18H25ClN2O2/c19-14-7-8-17(22)15(12-14)18(23)20-9-11-21-10-3-5-13-4-1-2-6-16(13)21/h7-8,12-13,16,22H,1-6,9-11H2,(H,20,23)/t13-,16+/m0/s1. The molecule has 1 amide bonds. The summed E-state index contributed by atoms with van der Waals surface area (Å²) in [7, 11) is 0. The van der Waals surface area contributed by atoms with Gasteiger partial charge in [-0.3, -0.25) is 9.69 Å². The molecule has 0 spiro atoms. The summed E-state index contributed by atoms with van der Waals surface area (Å²) >= 11 is 5.89. The minimum Gasteiger partial charge on any atom is -0.507 e. The van der Waals surface area contributed by atoms with Gasteiger partial charge in [0.2, 0.25) is 0 Å². The van der Waals surface area contributed by atoms with Crippen molar-refractivity contribution in [2.45, 2.75) is 44.6 Å². The van der Waals surface area contributed by atoms with Gasteiger partial charge in [0.15, 0.2) is 0 Å². The van der Waals surface area contributed by atoms with Gasteiger partial charge in [0, 0.05) is 24.2 Å². The number of fused-ring (bicyclic) bond motifs is 1. The van der Waals surface area contributed by atoms with E-state index in [1.165, 1.54) is 50.7 Å². The third-order valence-corrected chi connectivity index (χ3v) is 5.48. The zero-order valence-electron chi connectivity index (χ0n) is 13.4. The van der Waals surface area contributed by atoms with Gasteiger partial charge in [-0.1, -0.05) is 24.4 Å².